The van der Waals surface area contributed by atoms with Gasteiger partial charge in [-0.25, -0.2) is 9.20 Å². The summed E-state index contributed by atoms with van der Waals surface area (Å²) in [6.45, 7) is 0. The second-order valence-corrected chi connectivity index (χ2v) is 5.28. The summed E-state index contributed by atoms with van der Waals surface area (Å²) in [5, 5.41) is 8.64. The lowest BCUT2D eigenvalue weighted by molar-refractivity contribution is 0.742. The molecular weight excluding hydrogens is 266 g/mol. The van der Waals surface area contributed by atoms with Gasteiger partial charge in [0.05, 0.1) is 12.4 Å². The fourth-order valence-electron chi connectivity index (χ4n) is 2.77. The number of hydrogen-bond acceptors (Lipinski definition) is 3. The molecule has 106 valence electrons. The molecule has 1 N–H and O–H groups in total. The second kappa shape index (κ2) is 4.73. The lowest BCUT2D eigenvalue weighted by atomic mass is 9.96. The highest BCUT2D eigenvalue weighted by Crippen LogP contribution is 2.27. The third-order valence-corrected chi connectivity index (χ3v) is 3.88. The van der Waals surface area contributed by atoms with E-state index in [2.05, 4.69) is 21.3 Å². The molecule has 0 fully saturated rings. The third kappa shape index (κ3) is 2.08. The maximum absolute atomic E-state index is 11.5. The molecule has 0 atom stereocenters. The van der Waals surface area contributed by atoms with Crippen LogP contribution in [-0.2, 0) is 0 Å². The first kappa shape index (κ1) is 12.1. The van der Waals surface area contributed by atoms with E-state index in [0.717, 1.165) is 24.1 Å². The van der Waals surface area contributed by atoms with Crippen LogP contribution in [0.5, 0.6) is 0 Å². The van der Waals surface area contributed by atoms with Crippen LogP contribution in [0.1, 0.15) is 31.2 Å². The minimum Gasteiger partial charge on any atom is -0.305 e. The van der Waals surface area contributed by atoms with Gasteiger partial charge in [0.2, 0.25) is 0 Å². The molecule has 3 aromatic rings. The van der Waals surface area contributed by atoms with Gasteiger partial charge >= 0.3 is 0 Å². The Bertz CT molecular complexity index is 883. The van der Waals surface area contributed by atoms with Crippen LogP contribution in [-0.4, -0.2) is 24.4 Å². The number of nitrogens with zero attached hydrogens (tertiary/aromatic N) is 4. The molecule has 3 aromatic heterocycles. The summed E-state index contributed by atoms with van der Waals surface area (Å²) < 4.78 is 3.40. The van der Waals surface area contributed by atoms with Crippen LogP contribution in [0.15, 0.2) is 41.7 Å². The monoisotopic (exact) mass is 281 g/mol. The summed E-state index contributed by atoms with van der Waals surface area (Å²) in [6, 6.07) is 1.45. The summed E-state index contributed by atoms with van der Waals surface area (Å²) in [7, 11) is 0. The molecule has 1 aliphatic rings. The molecular formula is C15H15N5O. The molecule has 21 heavy (non-hydrogen) atoms. The topological polar surface area (TPSA) is 68.0 Å². The van der Waals surface area contributed by atoms with E-state index in [1.807, 2.05) is 12.4 Å². The smallest absolute Gasteiger partial charge is 0.251 e. The van der Waals surface area contributed by atoms with Gasteiger partial charge in [-0.2, -0.15) is 10.2 Å². The summed E-state index contributed by atoms with van der Waals surface area (Å²) in [5.41, 5.74) is 3.78. The molecule has 4 rings (SSSR count). The van der Waals surface area contributed by atoms with Crippen molar-refractivity contribution >= 4 is 11.2 Å². The number of allylic oxidation sites excluding steroid dienone is 2. The fraction of sp³-hybridized carbons (Fsp3) is 0.267. The number of fused-ring (bicyclic) bond motifs is 1. The molecule has 0 radical (unpaired) electrons. The minimum atomic E-state index is -0.147. The van der Waals surface area contributed by atoms with Crippen molar-refractivity contribution in [2.75, 3.05) is 0 Å². The molecule has 6 nitrogen and oxygen atoms in total. The van der Waals surface area contributed by atoms with Crippen molar-refractivity contribution in [3.8, 4) is 5.69 Å². The van der Waals surface area contributed by atoms with E-state index in [1.54, 1.807) is 21.6 Å². The van der Waals surface area contributed by atoms with E-state index in [9.17, 15) is 4.79 Å². The molecule has 0 spiro atoms. The average molecular weight is 281 g/mol. The van der Waals surface area contributed by atoms with Gasteiger partial charge in [-0.05, 0) is 31.3 Å². The molecule has 0 amide bonds. The highest BCUT2D eigenvalue weighted by Gasteiger charge is 2.12. The van der Waals surface area contributed by atoms with Crippen molar-refractivity contribution in [3.63, 3.8) is 0 Å². The molecule has 0 unspecified atom stereocenters. The molecule has 1 aliphatic carbocycles. The van der Waals surface area contributed by atoms with Gasteiger partial charge < -0.3 is 4.98 Å². The van der Waals surface area contributed by atoms with E-state index < -0.39 is 0 Å². The van der Waals surface area contributed by atoms with Gasteiger partial charge in [-0.1, -0.05) is 6.08 Å². The number of hydrogen-bond donors (Lipinski definition) is 1. The summed E-state index contributed by atoms with van der Waals surface area (Å²) in [5.74, 6) is 0. The molecule has 0 aliphatic heterocycles. The Kier molecular flexibility index (Phi) is 2.73. The van der Waals surface area contributed by atoms with Gasteiger partial charge in [0.25, 0.3) is 5.56 Å². The Balaban J connectivity index is 1.79. The number of aromatic amines is 1. The SMILES string of the molecule is O=c1ccn2ncc(-n3cc(C4=CCCCC4)cn3)c2[nH]1. The van der Waals surface area contributed by atoms with Crippen LogP contribution >= 0.6 is 0 Å². The predicted molar refractivity (Wildman–Crippen MR) is 79.4 cm³/mol. The summed E-state index contributed by atoms with van der Waals surface area (Å²) >= 11 is 0. The van der Waals surface area contributed by atoms with Gasteiger partial charge in [0, 0.05) is 24.0 Å². The molecule has 0 saturated carbocycles. The zero-order chi connectivity index (χ0) is 14.2. The van der Waals surface area contributed by atoms with Crippen LogP contribution < -0.4 is 5.56 Å². The van der Waals surface area contributed by atoms with Crippen LogP contribution in [0, 0.1) is 0 Å². The van der Waals surface area contributed by atoms with Crippen LogP contribution in [0.2, 0.25) is 0 Å². The fourth-order valence-corrected chi connectivity index (χ4v) is 2.77. The Morgan fingerprint density at radius 1 is 1.19 bits per heavy atom. The van der Waals surface area contributed by atoms with E-state index >= 15 is 0 Å². The van der Waals surface area contributed by atoms with Crippen molar-refractivity contribution in [2.45, 2.75) is 25.7 Å². The maximum Gasteiger partial charge on any atom is 0.251 e. The van der Waals surface area contributed by atoms with Crippen molar-refractivity contribution < 1.29 is 0 Å². The highest BCUT2D eigenvalue weighted by molar-refractivity contribution is 5.66. The minimum absolute atomic E-state index is 0.147. The number of H-pyrrole nitrogens is 1. The van der Waals surface area contributed by atoms with Crippen LogP contribution in [0.3, 0.4) is 0 Å². The Morgan fingerprint density at radius 3 is 3.00 bits per heavy atom. The lowest BCUT2D eigenvalue weighted by Crippen LogP contribution is -2.07. The molecule has 0 saturated heterocycles. The van der Waals surface area contributed by atoms with E-state index in [-0.39, 0.29) is 5.56 Å². The first-order valence-corrected chi connectivity index (χ1v) is 7.12. The van der Waals surface area contributed by atoms with Crippen molar-refractivity contribution in [1.29, 1.82) is 0 Å². The predicted octanol–water partition coefficient (Wildman–Crippen LogP) is 2.17. The van der Waals surface area contributed by atoms with Gasteiger partial charge in [0.1, 0.15) is 5.69 Å². The first-order chi connectivity index (χ1) is 10.3. The normalized spacial score (nSPS) is 15.3. The second-order valence-electron chi connectivity index (χ2n) is 5.28. The molecule has 6 heteroatoms. The zero-order valence-corrected chi connectivity index (χ0v) is 11.5. The van der Waals surface area contributed by atoms with Crippen molar-refractivity contribution in [2.24, 2.45) is 0 Å². The summed E-state index contributed by atoms with van der Waals surface area (Å²) in [6.07, 6.45) is 14.3. The van der Waals surface area contributed by atoms with Gasteiger partial charge in [0.15, 0.2) is 5.65 Å². The first-order valence-electron chi connectivity index (χ1n) is 7.12. The van der Waals surface area contributed by atoms with Crippen molar-refractivity contribution in [1.82, 2.24) is 24.4 Å². The molecule has 3 heterocycles. The Labute approximate surface area is 120 Å². The number of nitrogens with one attached hydrogen (secondary N) is 1. The van der Waals surface area contributed by atoms with E-state index in [4.69, 9.17) is 0 Å². The zero-order valence-electron chi connectivity index (χ0n) is 11.5. The lowest BCUT2D eigenvalue weighted by Gasteiger charge is -2.10. The van der Waals surface area contributed by atoms with Gasteiger partial charge in [-0.15, -0.1) is 0 Å². The van der Waals surface area contributed by atoms with Crippen molar-refractivity contribution in [3.05, 3.63) is 52.8 Å². The largest absolute Gasteiger partial charge is 0.305 e. The number of aromatic nitrogens is 5. The number of rotatable bonds is 2. The van der Waals surface area contributed by atoms with Crippen LogP contribution in [0.4, 0.5) is 0 Å². The molecule has 0 aromatic carbocycles. The maximum atomic E-state index is 11.5. The standard InChI is InChI=1S/C15H15N5O/c21-14-6-7-19-15(18-14)13(9-17-19)20-10-12(8-16-20)11-4-2-1-3-5-11/h4,6-10H,1-3,5H2,(H,18,21). The highest BCUT2D eigenvalue weighted by atomic mass is 16.1. The quantitative estimate of drug-likeness (QED) is 0.782. The van der Waals surface area contributed by atoms with E-state index in [0.29, 0.717) is 5.65 Å². The van der Waals surface area contributed by atoms with Gasteiger partial charge in [-0.3, -0.25) is 4.79 Å². The van der Waals surface area contributed by atoms with E-state index in [1.165, 1.54) is 24.5 Å². The Morgan fingerprint density at radius 2 is 2.14 bits per heavy atom. The Hall–Kier alpha value is -2.63. The molecule has 0 bridgehead atoms. The average Bonchev–Trinajstić information content (AvgIpc) is 3.14. The summed E-state index contributed by atoms with van der Waals surface area (Å²) in [4.78, 5) is 14.3. The van der Waals surface area contributed by atoms with Crippen LogP contribution in [0.25, 0.3) is 16.9 Å². The third-order valence-electron chi connectivity index (χ3n) is 3.88.